The highest BCUT2D eigenvalue weighted by Gasteiger charge is 2.22. The van der Waals surface area contributed by atoms with Gasteiger partial charge in [-0.1, -0.05) is 0 Å². The lowest BCUT2D eigenvalue weighted by Crippen LogP contribution is -2.26. The molecule has 4 aromatic heterocycles. The van der Waals surface area contributed by atoms with Crippen molar-refractivity contribution in [3.05, 3.63) is 54.6 Å². The Morgan fingerprint density at radius 1 is 1.03 bits per heavy atom. The van der Waals surface area contributed by atoms with Crippen LogP contribution >= 0.6 is 0 Å². The smallest absolute Gasteiger partial charge is 0.154 e. The zero-order valence-corrected chi connectivity index (χ0v) is 17.7. The topological polar surface area (TPSA) is 89.5 Å². The molecule has 8 nitrogen and oxygen atoms in total. The Balaban J connectivity index is 1.43. The first-order chi connectivity index (χ1) is 15.0. The predicted octanol–water partition coefficient (Wildman–Crippen LogP) is 3.86. The molecule has 0 atom stereocenters. The monoisotopic (exact) mass is 418 g/mol. The van der Waals surface area contributed by atoms with E-state index in [-0.39, 0.29) is 12.2 Å². The molecule has 2 N–H and O–H groups in total. The summed E-state index contributed by atoms with van der Waals surface area (Å²) in [4.78, 5) is 4.45. The van der Waals surface area contributed by atoms with Crippen molar-refractivity contribution >= 4 is 17.2 Å². The van der Waals surface area contributed by atoms with Crippen molar-refractivity contribution in [3.63, 3.8) is 0 Å². The van der Waals surface area contributed by atoms with Gasteiger partial charge in [-0.25, -0.2) is 4.52 Å². The van der Waals surface area contributed by atoms with Crippen molar-refractivity contribution < 1.29 is 9.84 Å². The highest BCUT2D eigenvalue weighted by molar-refractivity contribution is 5.75. The Hall–Kier alpha value is -3.39. The quantitative estimate of drug-likeness (QED) is 0.512. The second kappa shape index (κ2) is 8.03. The molecule has 1 fully saturated rings. The van der Waals surface area contributed by atoms with Crippen LogP contribution in [-0.4, -0.2) is 41.7 Å². The molecule has 0 unspecified atom stereocenters. The third kappa shape index (κ3) is 4.25. The Kier molecular flexibility index (Phi) is 5.07. The van der Waals surface area contributed by atoms with Gasteiger partial charge in [0, 0.05) is 42.8 Å². The normalized spacial score (nSPS) is 18.9. The number of nitrogens with zero attached hydrogens (tertiary/aromatic N) is 5. The number of hydrogen-bond donors (Lipinski definition) is 2. The third-order valence-electron chi connectivity index (χ3n) is 5.69. The highest BCUT2D eigenvalue weighted by atomic mass is 16.5. The van der Waals surface area contributed by atoms with E-state index in [1.165, 1.54) is 0 Å². The molecule has 1 saturated carbocycles. The Labute approximate surface area is 180 Å². The summed E-state index contributed by atoms with van der Waals surface area (Å²) in [6, 6.07) is 10.1. The van der Waals surface area contributed by atoms with Gasteiger partial charge in [-0.2, -0.15) is 10.2 Å². The van der Waals surface area contributed by atoms with Crippen LogP contribution in [0.2, 0.25) is 0 Å². The lowest BCUT2D eigenvalue weighted by Gasteiger charge is -2.27. The van der Waals surface area contributed by atoms with Crippen molar-refractivity contribution in [2.24, 2.45) is 7.05 Å². The molecule has 0 amide bonds. The van der Waals surface area contributed by atoms with Crippen molar-refractivity contribution in [2.75, 3.05) is 5.32 Å². The minimum Gasteiger partial charge on any atom is -0.488 e. The number of fused-ring (bicyclic) bond motifs is 1. The zero-order chi connectivity index (χ0) is 21.4. The number of anilines is 2. The van der Waals surface area contributed by atoms with E-state index in [9.17, 15) is 5.11 Å². The van der Waals surface area contributed by atoms with Gasteiger partial charge in [0.15, 0.2) is 11.6 Å². The minimum absolute atomic E-state index is 0.111. The number of pyridine rings is 2. The number of aliphatic hydroxyl groups is 1. The van der Waals surface area contributed by atoms with Crippen LogP contribution in [0.3, 0.4) is 0 Å². The fraction of sp³-hybridized carbons (Fsp3) is 0.348. The van der Waals surface area contributed by atoms with Gasteiger partial charge in [-0.3, -0.25) is 9.67 Å². The summed E-state index contributed by atoms with van der Waals surface area (Å²) in [5.41, 5.74) is 3.97. The van der Waals surface area contributed by atoms with Crippen molar-refractivity contribution in [1.29, 1.82) is 0 Å². The predicted molar refractivity (Wildman–Crippen MR) is 119 cm³/mol. The zero-order valence-electron chi connectivity index (χ0n) is 17.7. The molecular weight excluding hydrogens is 392 g/mol. The van der Waals surface area contributed by atoms with Crippen LogP contribution in [0.25, 0.3) is 16.6 Å². The van der Waals surface area contributed by atoms with E-state index in [1.807, 2.05) is 55.3 Å². The van der Waals surface area contributed by atoms with Crippen LogP contribution in [0.5, 0.6) is 5.75 Å². The number of ether oxygens (including phenoxy) is 1. The van der Waals surface area contributed by atoms with E-state index in [2.05, 4.69) is 32.6 Å². The summed E-state index contributed by atoms with van der Waals surface area (Å²) in [6.45, 7) is 1.98. The second-order valence-corrected chi connectivity index (χ2v) is 8.18. The summed E-state index contributed by atoms with van der Waals surface area (Å²) in [6.07, 6.45) is 8.84. The molecular formula is C23H26N6O2. The lowest BCUT2D eigenvalue weighted by atomic mass is 9.95. The fourth-order valence-corrected chi connectivity index (χ4v) is 4.05. The molecule has 0 bridgehead atoms. The van der Waals surface area contributed by atoms with Gasteiger partial charge in [-0.05, 0) is 56.4 Å². The lowest BCUT2D eigenvalue weighted by molar-refractivity contribution is 0.0667. The average Bonchev–Trinajstić information content (AvgIpc) is 3.35. The molecule has 0 saturated heterocycles. The average molecular weight is 419 g/mol. The molecule has 1 aliphatic rings. The van der Waals surface area contributed by atoms with Crippen LogP contribution in [0, 0.1) is 6.92 Å². The first-order valence-electron chi connectivity index (χ1n) is 10.6. The molecule has 31 heavy (non-hydrogen) atoms. The van der Waals surface area contributed by atoms with Gasteiger partial charge < -0.3 is 15.2 Å². The van der Waals surface area contributed by atoms with Crippen molar-refractivity contribution in [3.8, 4) is 16.9 Å². The molecule has 160 valence electrons. The summed E-state index contributed by atoms with van der Waals surface area (Å²) < 4.78 is 9.91. The van der Waals surface area contributed by atoms with Crippen molar-refractivity contribution in [2.45, 2.75) is 44.8 Å². The molecule has 0 aromatic carbocycles. The Morgan fingerprint density at radius 3 is 2.65 bits per heavy atom. The molecule has 8 heteroatoms. The van der Waals surface area contributed by atoms with Gasteiger partial charge in [0.25, 0.3) is 0 Å². The maximum atomic E-state index is 9.77. The minimum atomic E-state index is -0.200. The first kappa shape index (κ1) is 19.6. The molecule has 4 aromatic rings. The number of nitrogens with one attached hydrogen (secondary N) is 1. The summed E-state index contributed by atoms with van der Waals surface area (Å²) in [7, 11) is 1.88. The van der Waals surface area contributed by atoms with Gasteiger partial charge in [-0.15, -0.1) is 0 Å². The third-order valence-corrected chi connectivity index (χ3v) is 5.69. The fourth-order valence-electron chi connectivity index (χ4n) is 4.05. The van der Waals surface area contributed by atoms with E-state index >= 15 is 0 Å². The van der Waals surface area contributed by atoms with E-state index < -0.39 is 0 Å². The van der Waals surface area contributed by atoms with E-state index in [0.717, 1.165) is 65.4 Å². The summed E-state index contributed by atoms with van der Waals surface area (Å²) in [5.74, 6) is 2.27. The van der Waals surface area contributed by atoms with Crippen LogP contribution in [0.4, 0.5) is 11.6 Å². The van der Waals surface area contributed by atoms with Crippen LogP contribution in [-0.2, 0) is 7.05 Å². The molecule has 0 radical (unpaired) electrons. The molecule has 5 rings (SSSR count). The van der Waals surface area contributed by atoms with Gasteiger partial charge in [0.1, 0.15) is 5.75 Å². The number of aryl methyl sites for hydroxylation is 2. The SMILES string of the molecule is Cc1cc(-c2ccn3nc(Nc4ccn(C)n4)cc3c2)c(O[C@H]2CC[C@H](O)CC2)cn1. The number of hydrogen-bond acceptors (Lipinski definition) is 6. The number of rotatable bonds is 5. The van der Waals surface area contributed by atoms with Crippen LogP contribution < -0.4 is 10.1 Å². The molecule has 0 spiro atoms. The standard InChI is InChI=1S/C23H26N6O2/c1-15-11-20(21(14-24-15)31-19-5-3-18(30)4-6-19)16-7-10-29-17(12-16)13-23(27-29)25-22-8-9-28(2)26-22/h7-14,18-19,30H,3-6H2,1-2H3,(H,25,26,27)/t18-,19-. The van der Waals surface area contributed by atoms with Gasteiger partial charge in [0.05, 0.1) is 23.9 Å². The number of aliphatic hydroxyl groups excluding tert-OH is 1. The second-order valence-electron chi connectivity index (χ2n) is 8.18. The maximum absolute atomic E-state index is 9.77. The maximum Gasteiger partial charge on any atom is 0.154 e. The van der Waals surface area contributed by atoms with E-state index in [4.69, 9.17) is 4.74 Å². The van der Waals surface area contributed by atoms with Gasteiger partial charge >= 0.3 is 0 Å². The van der Waals surface area contributed by atoms with E-state index in [1.54, 1.807) is 4.68 Å². The number of aromatic nitrogens is 5. The highest BCUT2D eigenvalue weighted by Crippen LogP contribution is 2.34. The molecule has 0 aliphatic heterocycles. The first-order valence-corrected chi connectivity index (χ1v) is 10.6. The molecule has 4 heterocycles. The van der Waals surface area contributed by atoms with Gasteiger partial charge in [0.2, 0.25) is 0 Å². The summed E-state index contributed by atoms with van der Waals surface area (Å²) in [5, 5.41) is 21.9. The van der Waals surface area contributed by atoms with Crippen LogP contribution in [0.15, 0.2) is 48.9 Å². The Morgan fingerprint density at radius 2 is 1.87 bits per heavy atom. The van der Waals surface area contributed by atoms with E-state index in [0.29, 0.717) is 0 Å². The summed E-state index contributed by atoms with van der Waals surface area (Å²) >= 11 is 0. The van der Waals surface area contributed by atoms with Crippen molar-refractivity contribution in [1.82, 2.24) is 24.4 Å². The Bertz CT molecular complexity index is 1210. The van der Waals surface area contributed by atoms with Crippen LogP contribution in [0.1, 0.15) is 31.4 Å². The molecule has 1 aliphatic carbocycles. The largest absolute Gasteiger partial charge is 0.488 e.